The van der Waals surface area contributed by atoms with Crippen molar-refractivity contribution in [3.05, 3.63) is 52.5 Å². The van der Waals surface area contributed by atoms with Gasteiger partial charge in [0.05, 0.1) is 11.1 Å². The summed E-state index contributed by atoms with van der Waals surface area (Å²) in [6.45, 7) is 2.99. The second kappa shape index (κ2) is 6.48. The van der Waals surface area contributed by atoms with Gasteiger partial charge in [-0.1, -0.05) is 12.1 Å². The van der Waals surface area contributed by atoms with Gasteiger partial charge in [0, 0.05) is 11.3 Å². The van der Waals surface area contributed by atoms with Crippen molar-refractivity contribution in [3.63, 3.8) is 0 Å². The normalized spacial score (nSPS) is 10.2. The van der Waals surface area contributed by atoms with Crippen LogP contribution >= 0.6 is 15.9 Å². The summed E-state index contributed by atoms with van der Waals surface area (Å²) < 4.78 is 12.3. The Morgan fingerprint density at radius 2 is 1.84 bits per heavy atom. The molecular weight excluding hydrogens is 306 g/mol. The number of rotatable bonds is 5. The molecule has 0 aromatic heterocycles. The molecule has 4 heteroatoms. The first-order chi connectivity index (χ1) is 9.20. The second-order valence-corrected chi connectivity index (χ2v) is 4.87. The van der Waals surface area contributed by atoms with Crippen molar-refractivity contribution in [1.82, 2.24) is 0 Å². The molecule has 0 radical (unpaired) electrons. The number of nitrogen functional groups attached to an aromatic ring is 1. The van der Waals surface area contributed by atoms with E-state index in [-0.39, 0.29) is 0 Å². The molecule has 0 atom stereocenters. The van der Waals surface area contributed by atoms with Crippen LogP contribution in [0.5, 0.6) is 11.5 Å². The van der Waals surface area contributed by atoms with Crippen LogP contribution in [0, 0.1) is 0 Å². The smallest absolute Gasteiger partial charge is 0.133 e. The van der Waals surface area contributed by atoms with E-state index in [4.69, 9.17) is 15.2 Å². The third kappa shape index (κ3) is 3.64. The monoisotopic (exact) mass is 321 g/mol. The molecule has 2 aromatic carbocycles. The molecule has 0 saturated carbocycles. The number of nitrogens with two attached hydrogens (primary N) is 1. The second-order valence-electron chi connectivity index (χ2n) is 4.02. The highest BCUT2D eigenvalue weighted by Crippen LogP contribution is 2.27. The van der Waals surface area contributed by atoms with Crippen molar-refractivity contribution < 1.29 is 9.47 Å². The summed E-state index contributed by atoms with van der Waals surface area (Å²) in [7, 11) is 0. The van der Waals surface area contributed by atoms with Gasteiger partial charge in [0.1, 0.15) is 18.1 Å². The largest absolute Gasteiger partial charge is 0.493 e. The quantitative estimate of drug-likeness (QED) is 0.846. The van der Waals surface area contributed by atoms with E-state index in [2.05, 4.69) is 15.9 Å². The Balaban J connectivity index is 2.14. The predicted molar refractivity (Wildman–Crippen MR) is 80.5 cm³/mol. The fraction of sp³-hybridized carbons (Fsp3) is 0.200. The molecule has 19 heavy (non-hydrogen) atoms. The average molecular weight is 322 g/mol. The van der Waals surface area contributed by atoms with Crippen LogP contribution in [0.25, 0.3) is 0 Å². The van der Waals surface area contributed by atoms with E-state index >= 15 is 0 Å². The lowest BCUT2D eigenvalue weighted by molar-refractivity contribution is 0.285. The summed E-state index contributed by atoms with van der Waals surface area (Å²) in [5.41, 5.74) is 7.45. The fourth-order valence-electron chi connectivity index (χ4n) is 1.73. The number of anilines is 1. The first kappa shape index (κ1) is 13.7. The molecule has 0 aliphatic heterocycles. The molecule has 0 fully saturated rings. The summed E-state index contributed by atoms with van der Waals surface area (Å²) in [4.78, 5) is 0. The predicted octanol–water partition coefficient (Wildman–Crippen LogP) is 4.01. The minimum absolute atomic E-state index is 0.420. The molecule has 0 spiro atoms. The van der Waals surface area contributed by atoms with Crippen molar-refractivity contribution >= 4 is 21.6 Å². The molecule has 0 unspecified atom stereocenters. The van der Waals surface area contributed by atoms with Crippen molar-refractivity contribution in [1.29, 1.82) is 0 Å². The van der Waals surface area contributed by atoms with Crippen LogP contribution in [0.4, 0.5) is 5.69 Å². The molecule has 3 nitrogen and oxygen atoms in total. The summed E-state index contributed by atoms with van der Waals surface area (Å²) >= 11 is 3.45. The summed E-state index contributed by atoms with van der Waals surface area (Å²) in [5, 5.41) is 0. The number of halogens is 1. The average Bonchev–Trinajstić information content (AvgIpc) is 2.41. The zero-order chi connectivity index (χ0) is 13.7. The third-order valence-corrected chi connectivity index (χ3v) is 3.26. The van der Waals surface area contributed by atoms with Crippen LogP contribution in [0.2, 0.25) is 0 Å². The van der Waals surface area contributed by atoms with Crippen LogP contribution in [-0.4, -0.2) is 6.61 Å². The molecule has 0 bridgehead atoms. The van der Waals surface area contributed by atoms with Crippen molar-refractivity contribution in [2.24, 2.45) is 0 Å². The summed E-state index contributed by atoms with van der Waals surface area (Å²) in [6.07, 6.45) is 0. The minimum Gasteiger partial charge on any atom is -0.493 e. The fourth-order valence-corrected chi connectivity index (χ4v) is 2.13. The Labute approximate surface area is 121 Å². The van der Waals surface area contributed by atoms with Crippen LogP contribution < -0.4 is 15.2 Å². The Kier molecular flexibility index (Phi) is 4.68. The van der Waals surface area contributed by atoms with E-state index < -0.39 is 0 Å². The molecule has 0 amide bonds. The minimum atomic E-state index is 0.420. The zero-order valence-electron chi connectivity index (χ0n) is 10.7. The number of hydrogen-bond donors (Lipinski definition) is 1. The number of hydrogen-bond acceptors (Lipinski definition) is 3. The van der Waals surface area contributed by atoms with E-state index in [1.807, 2.05) is 49.4 Å². The first-order valence-electron chi connectivity index (χ1n) is 6.09. The first-order valence-corrected chi connectivity index (χ1v) is 6.88. The van der Waals surface area contributed by atoms with Gasteiger partial charge < -0.3 is 15.2 Å². The van der Waals surface area contributed by atoms with Crippen molar-refractivity contribution in [3.8, 4) is 11.5 Å². The van der Waals surface area contributed by atoms with Crippen molar-refractivity contribution in [2.45, 2.75) is 13.5 Å². The Hall–Kier alpha value is -1.68. The van der Waals surface area contributed by atoms with E-state index in [9.17, 15) is 0 Å². The highest BCUT2D eigenvalue weighted by molar-refractivity contribution is 9.10. The van der Waals surface area contributed by atoms with Crippen LogP contribution in [0.15, 0.2) is 46.9 Å². The molecular formula is C15H16BrNO2. The molecule has 0 saturated heterocycles. The number of benzene rings is 2. The molecule has 0 aliphatic carbocycles. The van der Waals surface area contributed by atoms with E-state index in [0.717, 1.165) is 21.5 Å². The third-order valence-electron chi connectivity index (χ3n) is 2.60. The highest BCUT2D eigenvalue weighted by Gasteiger charge is 2.06. The molecule has 2 aromatic rings. The van der Waals surface area contributed by atoms with Gasteiger partial charge in [0.15, 0.2) is 0 Å². The van der Waals surface area contributed by atoms with Crippen LogP contribution in [0.1, 0.15) is 12.5 Å². The van der Waals surface area contributed by atoms with Crippen LogP contribution in [-0.2, 0) is 6.61 Å². The number of ether oxygens (including phenoxy) is 2. The van der Waals surface area contributed by atoms with Gasteiger partial charge in [-0.05, 0) is 53.2 Å². The summed E-state index contributed by atoms with van der Waals surface area (Å²) in [5.74, 6) is 1.61. The lowest BCUT2D eigenvalue weighted by Gasteiger charge is -2.13. The van der Waals surface area contributed by atoms with E-state index in [1.54, 1.807) is 0 Å². The zero-order valence-corrected chi connectivity index (χ0v) is 12.3. The summed E-state index contributed by atoms with van der Waals surface area (Å²) in [6, 6.07) is 13.3. The Bertz CT molecular complexity index is 558. The maximum atomic E-state index is 5.80. The van der Waals surface area contributed by atoms with Gasteiger partial charge in [0.25, 0.3) is 0 Å². The maximum Gasteiger partial charge on any atom is 0.133 e. The van der Waals surface area contributed by atoms with Gasteiger partial charge >= 0.3 is 0 Å². The van der Waals surface area contributed by atoms with Gasteiger partial charge in [0.2, 0.25) is 0 Å². The van der Waals surface area contributed by atoms with Gasteiger partial charge in [-0.15, -0.1) is 0 Å². The standard InChI is InChI=1S/C15H16BrNO2/c1-2-18-14-8-7-12(17)9-11(14)10-19-15-6-4-3-5-13(15)16/h3-9H,2,10,17H2,1H3. The van der Waals surface area contributed by atoms with E-state index in [0.29, 0.717) is 18.9 Å². The van der Waals surface area contributed by atoms with Gasteiger partial charge in [-0.3, -0.25) is 0 Å². The van der Waals surface area contributed by atoms with Gasteiger partial charge in [-0.25, -0.2) is 0 Å². The van der Waals surface area contributed by atoms with Gasteiger partial charge in [-0.2, -0.15) is 0 Å². The van der Waals surface area contributed by atoms with Crippen LogP contribution in [0.3, 0.4) is 0 Å². The molecule has 0 aliphatic rings. The Morgan fingerprint density at radius 3 is 2.58 bits per heavy atom. The lowest BCUT2D eigenvalue weighted by atomic mass is 10.2. The highest BCUT2D eigenvalue weighted by atomic mass is 79.9. The maximum absolute atomic E-state index is 5.80. The molecule has 2 rings (SSSR count). The molecule has 2 N–H and O–H groups in total. The Morgan fingerprint density at radius 1 is 1.05 bits per heavy atom. The number of para-hydroxylation sites is 1. The molecule has 0 heterocycles. The van der Waals surface area contributed by atoms with E-state index in [1.165, 1.54) is 0 Å². The lowest BCUT2D eigenvalue weighted by Crippen LogP contribution is -2.02. The van der Waals surface area contributed by atoms with Crippen molar-refractivity contribution in [2.75, 3.05) is 12.3 Å². The molecule has 100 valence electrons. The topological polar surface area (TPSA) is 44.5 Å². The SMILES string of the molecule is CCOc1ccc(N)cc1COc1ccccc1Br.